The van der Waals surface area contributed by atoms with Crippen LogP contribution in [0.15, 0.2) is 48.8 Å². The van der Waals surface area contributed by atoms with E-state index in [4.69, 9.17) is 4.74 Å². The molecule has 0 unspecified atom stereocenters. The molecule has 1 aromatic carbocycles. The SMILES string of the molecule is O=C(Cc1ccc(C(F)(F)F)cc1)N(Cc1cccnc1)C[C@H]1CCCO1. The Bertz CT molecular complexity index is 742. The number of pyridine rings is 1. The predicted molar refractivity (Wildman–Crippen MR) is 93.8 cm³/mol. The van der Waals surface area contributed by atoms with Gasteiger partial charge >= 0.3 is 6.18 Å². The minimum absolute atomic E-state index is 0.00164. The van der Waals surface area contributed by atoms with Crippen LogP contribution in [0.5, 0.6) is 0 Å². The van der Waals surface area contributed by atoms with Crippen LogP contribution in [0.25, 0.3) is 0 Å². The first-order chi connectivity index (χ1) is 12.9. The van der Waals surface area contributed by atoms with Crippen LogP contribution < -0.4 is 0 Å². The van der Waals surface area contributed by atoms with Crippen LogP contribution >= 0.6 is 0 Å². The average Bonchev–Trinajstić information content (AvgIpc) is 3.15. The molecule has 0 saturated carbocycles. The van der Waals surface area contributed by atoms with Gasteiger partial charge in [0, 0.05) is 32.1 Å². The fraction of sp³-hybridized carbons (Fsp3) is 0.400. The van der Waals surface area contributed by atoms with Gasteiger partial charge in [0.05, 0.1) is 18.1 Å². The van der Waals surface area contributed by atoms with Crippen molar-refractivity contribution in [3.63, 3.8) is 0 Å². The van der Waals surface area contributed by atoms with E-state index >= 15 is 0 Å². The van der Waals surface area contributed by atoms with Gasteiger partial charge in [-0.05, 0) is 42.2 Å². The summed E-state index contributed by atoms with van der Waals surface area (Å²) >= 11 is 0. The standard InChI is InChI=1S/C20H21F3N2O2/c21-20(22,23)17-7-5-15(6-8-17)11-19(26)25(14-18-4-2-10-27-18)13-16-3-1-9-24-12-16/h1,3,5-9,12,18H,2,4,10-11,13-14H2/t18-/m1/s1. The van der Waals surface area contributed by atoms with Gasteiger partial charge in [0.2, 0.25) is 5.91 Å². The third kappa shape index (κ3) is 5.53. The van der Waals surface area contributed by atoms with Gasteiger partial charge in [0.1, 0.15) is 0 Å². The molecule has 144 valence electrons. The summed E-state index contributed by atoms with van der Waals surface area (Å²) in [6, 6.07) is 8.42. The molecule has 0 bridgehead atoms. The topological polar surface area (TPSA) is 42.4 Å². The van der Waals surface area contributed by atoms with E-state index in [-0.39, 0.29) is 18.4 Å². The van der Waals surface area contributed by atoms with E-state index in [1.165, 1.54) is 12.1 Å². The zero-order chi connectivity index (χ0) is 19.3. The van der Waals surface area contributed by atoms with E-state index in [1.54, 1.807) is 23.4 Å². The summed E-state index contributed by atoms with van der Waals surface area (Å²) in [5.74, 6) is -0.144. The third-order valence-corrected chi connectivity index (χ3v) is 4.53. The zero-order valence-electron chi connectivity index (χ0n) is 14.8. The second-order valence-corrected chi connectivity index (χ2v) is 6.64. The monoisotopic (exact) mass is 378 g/mol. The van der Waals surface area contributed by atoms with Crippen molar-refractivity contribution in [2.24, 2.45) is 0 Å². The molecule has 0 radical (unpaired) electrons. The molecule has 1 aliphatic heterocycles. The van der Waals surface area contributed by atoms with Gasteiger partial charge in [-0.1, -0.05) is 18.2 Å². The number of carbonyl (C=O) groups excluding carboxylic acids is 1. The molecule has 0 N–H and O–H groups in total. The molecule has 0 spiro atoms. The van der Waals surface area contributed by atoms with Gasteiger partial charge in [-0.15, -0.1) is 0 Å². The van der Waals surface area contributed by atoms with Gasteiger partial charge in [-0.2, -0.15) is 13.2 Å². The molecular formula is C20H21F3N2O2. The number of aromatic nitrogens is 1. The van der Waals surface area contributed by atoms with Crippen LogP contribution in [0.1, 0.15) is 29.5 Å². The summed E-state index contributed by atoms with van der Waals surface area (Å²) in [5.41, 5.74) is 0.734. The van der Waals surface area contributed by atoms with Crippen molar-refractivity contribution in [3.05, 3.63) is 65.5 Å². The minimum atomic E-state index is -4.38. The number of rotatable bonds is 6. The molecule has 0 aliphatic carbocycles. The van der Waals surface area contributed by atoms with Gasteiger partial charge in [-0.25, -0.2) is 0 Å². The molecule has 1 atom stereocenters. The first-order valence-corrected chi connectivity index (χ1v) is 8.86. The smallest absolute Gasteiger partial charge is 0.376 e. The van der Waals surface area contributed by atoms with Crippen molar-refractivity contribution in [1.82, 2.24) is 9.88 Å². The fourth-order valence-corrected chi connectivity index (χ4v) is 3.10. The summed E-state index contributed by atoms with van der Waals surface area (Å²) in [5, 5.41) is 0. The molecule has 7 heteroatoms. The van der Waals surface area contributed by atoms with E-state index in [1.807, 2.05) is 6.07 Å². The maximum Gasteiger partial charge on any atom is 0.416 e. The van der Waals surface area contributed by atoms with Crippen molar-refractivity contribution in [1.29, 1.82) is 0 Å². The van der Waals surface area contributed by atoms with Gasteiger partial charge < -0.3 is 9.64 Å². The fourth-order valence-electron chi connectivity index (χ4n) is 3.10. The maximum atomic E-state index is 12.8. The molecule has 1 amide bonds. The molecule has 2 heterocycles. The Morgan fingerprint density at radius 2 is 1.96 bits per heavy atom. The number of amides is 1. The van der Waals surface area contributed by atoms with Crippen molar-refractivity contribution >= 4 is 5.91 Å². The van der Waals surface area contributed by atoms with Crippen LogP contribution in [0.4, 0.5) is 13.2 Å². The van der Waals surface area contributed by atoms with Crippen molar-refractivity contribution in [2.75, 3.05) is 13.2 Å². The lowest BCUT2D eigenvalue weighted by atomic mass is 10.1. The second-order valence-electron chi connectivity index (χ2n) is 6.64. The number of carbonyl (C=O) groups is 1. The average molecular weight is 378 g/mol. The molecule has 4 nitrogen and oxygen atoms in total. The highest BCUT2D eigenvalue weighted by Gasteiger charge is 2.30. The first-order valence-electron chi connectivity index (χ1n) is 8.86. The molecule has 1 fully saturated rings. The Kier molecular flexibility index (Phi) is 6.11. The first kappa shape index (κ1) is 19.4. The summed E-state index contributed by atoms with van der Waals surface area (Å²) in [6.45, 7) is 1.56. The minimum Gasteiger partial charge on any atom is -0.376 e. The van der Waals surface area contributed by atoms with Gasteiger partial charge in [-0.3, -0.25) is 9.78 Å². The zero-order valence-corrected chi connectivity index (χ0v) is 14.8. The lowest BCUT2D eigenvalue weighted by molar-refractivity contribution is -0.137. The Labute approximate surface area is 156 Å². The molecule has 2 aromatic rings. The summed E-state index contributed by atoms with van der Waals surface area (Å²) in [6.07, 6.45) is 0.902. The normalized spacial score (nSPS) is 17.1. The number of benzene rings is 1. The van der Waals surface area contributed by atoms with Crippen molar-refractivity contribution in [3.8, 4) is 0 Å². The van der Waals surface area contributed by atoms with Gasteiger partial charge in [0.15, 0.2) is 0 Å². The summed E-state index contributed by atoms with van der Waals surface area (Å²) < 4.78 is 43.7. The largest absolute Gasteiger partial charge is 0.416 e. The highest BCUT2D eigenvalue weighted by Crippen LogP contribution is 2.29. The van der Waals surface area contributed by atoms with Crippen molar-refractivity contribution in [2.45, 2.75) is 38.1 Å². The number of hydrogen-bond acceptors (Lipinski definition) is 3. The molecule has 1 saturated heterocycles. The summed E-state index contributed by atoms with van der Waals surface area (Å²) in [7, 11) is 0. The van der Waals surface area contributed by atoms with Crippen molar-refractivity contribution < 1.29 is 22.7 Å². The molecule has 3 rings (SSSR count). The number of alkyl halides is 3. The van der Waals surface area contributed by atoms with E-state index < -0.39 is 11.7 Å². The molecule has 1 aromatic heterocycles. The van der Waals surface area contributed by atoms with Crippen LogP contribution in [-0.4, -0.2) is 35.0 Å². The number of hydrogen-bond donors (Lipinski definition) is 0. The highest BCUT2D eigenvalue weighted by atomic mass is 19.4. The Hall–Kier alpha value is -2.41. The van der Waals surface area contributed by atoms with E-state index in [2.05, 4.69) is 4.98 Å². The van der Waals surface area contributed by atoms with Crippen LogP contribution in [0, 0.1) is 0 Å². The predicted octanol–water partition coefficient (Wildman–Crippen LogP) is 3.85. The van der Waals surface area contributed by atoms with E-state index in [9.17, 15) is 18.0 Å². The Balaban J connectivity index is 1.69. The molecule has 1 aliphatic rings. The Morgan fingerprint density at radius 1 is 1.19 bits per heavy atom. The molecule has 27 heavy (non-hydrogen) atoms. The van der Waals surface area contributed by atoms with Crippen LogP contribution in [0.2, 0.25) is 0 Å². The maximum absolute atomic E-state index is 12.8. The third-order valence-electron chi connectivity index (χ3n) is 4.53. The van der Waals surface area contributed by atoms with Crippen LogP contribution in [-0.2, 0) is 28.7 Å². The van der Waals surface area contributed by atoms with Gasteiger partial charge in [0.25, 0.3) is 0 Å². The quantitative estimate of drug-likeness (QED) is 0.767. The van der Waals surface area contributed by atoms with E-state index in [0.29, 0.717) is 25.3 Å². The van der Waals surface area contributed by atoms with Crippen LogP contribution in [0.3, 0.4) is 0 Å². The highest BCUT2D eigenvalue weighted by molar-refractivity contribution is 5.78. The Morgan fingerprint density at radius 3 is 2.56 bits per heavy atom. The number of halogens is 3. The summed E-state index contributed by atoms with van der Waals surface area (Å²) in [4.78, 5) is 18.6. The lowest BCUT2D eigenvalue weighted by Gasteiger charge is -2.25. The number of ether oxygens (including phenoxy) is 1. The second kappa shape index (κ2) is 8.52. The molecular weight excluding hydrogens is 357 g/mol. The number of nitrogens with zero attached hydrogens (tertiary/aromatic N) is 2. The van der Waals surface area contributed by atoms with E-state index in [0.717, 1.165) is 30.5 Å². The lowest BCUT2D eigenvalue weighted by Crippen LogP contribution is -2.37.